The lowest BCUT2D eigenvalue weighted by Gasteiger charge is -2.31. The summed E-state index contributed by atoms with van der Waals surface area (Å²) in [5, 5.41) is 0. The molecule has 1 atom stereocenters. The Bertz CT molecular complexity index is 436. The normalized spacial score (nSPS) is 19.1. The number of hydrogen-bond donors (Lipinski definition) is 0. The van der Waals surface area contributed by atoms with Crippen molar-refractivity contribution < 1.29 is 14.3 Å². The zero-order valence-electron chi connectivity index (χ0n) is 11.8. The van der Waals surface area contributed by atoms with E-state index in [0.717, 1.165) is 19.5 Å². The Hall–Kier alpha value is -1.71. The first-order valence-corrected chi connectivity index (χ1v) is 6.67. The minimum absolute atomic E-state index is 0.000787. The summed E-state index contributed by atoms with van der Waals surface area (Å²) in [6.45, 7) is 3.79. The minimum atomic E-state index is 0.000787. The minimum Gasteiger partial charge on any atom is -0.496 e. The van der Waals surface area contributed by atoms with Gasteiger partial charge in [0.15, 0.2) is 0 Å². The van der Waals surface area contributed by atoms with E-state index < -0.39 is 0 Å². The molecule has 0 N–H and O–H groups in total. The van der Waals surface area contributed by atoms with Gasteiger partial charge in [-0.05, 0) is 30.9 Å². The van der Waals surface area contributed by atoms with Crippen LogP contribution in [0.5, 0.6) is 11.5 Å². The van der Waals surface area contributed by atoms with Gasteiger partial charge in [0.2, 0.25) is 0 Å². The van der Waals surface area contributed by atoms with Crippen LogP contribution in [-0.2, 0) is 0 Å². The van der Waals surface area contributed by atoms with Crippen molar-refractivity contribution >= 4 is 5.91 Å². The molecule has 1 aliphatic rings. The SMILES string of the molecule is COc1cccc(OC)c1C(=O)N1CCC[C@H](C)C1. The van der Waals surface area contributed by atoms with Crippen LogP contribution >= 0.6 is 0 Å². The number of carbonyl (C=O) groups is 1. The molecular formula is C15H21NO3. The van der Waals surface area contributed by atoms with Crippen LogP contribution in [-0.4, -0.2) is 38.1 Å². The summed E-state index contributed by atoms with van der Waals surface area (Å²) in [5.74, 6) is 1.70. The van der Waals surface area contributed by atoms with Gasteiger partial charge in [0, 0.05) is 13.1 Å². The molecule has 1 aromatic rings. The Morgan fingerprint density at radius 2 is 1.89 bits per heavy atom. The molecule has 4 heteroatoms. The van der Waals surface area contributed by atoms with Gasteiger partial charge in [-0.25, -0.2) is 0 Å². The van der Waals surface area contributed by atoms with E-state index in [1.807, 2.05) is 11.0 Å². The summed E-state index contributed by atoms with van der Waals surface area (Å²) < 4.78 is 10.6. The first kappa shape index (κ1) is 13.7. The van der Waals surface area contributed by atoms with Gasteiger partial charge in [0.1, 0.15) is 17.1 Å². The summed E-state index contributed by atoms with van der Waals surface area (Å²) in [6, 6.07) is 5.42. The lowest BCUT2D eigenvalue weighted by atomic mass is 9.99. The lowest BCUT2D eigenvalue weighted by Crippen LogP contribution is -2.39. The van der Waals surface area contributed by atoms with Crippen LogP contribution in [0.3, 0.4) is 0 Å². The van der Waals surface area contributed by atoms with Crippen LogP contribution < -0.4 is 9.47 Å². The zero-order valence-corrected chi connectivity index (χ0v) is 11.8. The third-order valence-corrected chi connectivity index (χ3v) is 3.59. The zero-order chi connectivity index (χ0) is 13.8. The van der Waals surface area contributed by atoms with Crippen LogP contribution in [0.25, 0.3) is 0 Å². The molecule has 0 saturated carbocycles. The molecule has 0 radical (unpaired) electrons. The lowest BCUT2D eigenvalue weighted by molar-refractivity contribution is 0.0676. The molecule has 0 spiro atoms. The fourth-order valence-corrected chi connectivity index (χ4v) is 2.59. The smallest absolute Gasteiger partial charge is 0.261 e. The second-order valence-electron chi connectivity index (χ2n) is 5.04. The van der Waals surface area contributed by atoms with Gasteiger partial charge >= 0.3 is 0 Å². The van der Waals surface area contributed by atoms with E-state index in [1.54, 1.807) is 26.4 Å². The molecule has 0 aromatic heterocycles. The van der Waals surface area contributed by atoms with Gasteiger partial charge in [0.25, 0.3) is 5.91 Å². The van der Waals surface area contributed by atoms with Crippen LogP contribution in [0.15, 0.2) is 18.2 Å². The molecule has 0 aliphatic carbocycles. The summed E-state index contributed by atoms with van der Waals surface area (Å²) in [5.41, 5.74) is 0.529. The van der Waals surface area contributed by atoms with E-state index in [4.69, 9.17) is 9.47 Å². The van der Waals surface area contributed by atoms with E-state index in [1.165, 1.54) is 6.42 Å². The molecule has 1 amide bonds. The predicted molar refractivity (Wildman–Crippen MR) is 73.8 cm³/mol. The molecule has 0 bridgehead atoms. The van der Waals surface area contributed by atoms with Gasteiger partial charge in [-0.1, -0.05) is 13.0 Å². The van der Waals surface area contributed by atoms with E-state index in [2.05, 4.69) is 6.92 Å². The molecule has 2 rings (SSSR count). The van der Waals surface area contributed by atoms with Gasteiger partial charge in [-0.15, -0.1) is 0 Å². The first-order valence-electron chi connectivity index (χ1n) is 6.67. The number of methoxy groups -OCH3 is 2. The Balaban J connectivity index is 2.31. The van der Waals surface area contributed by atoms with Gasteiger partial charge < -0.3 is 14.4 Å². The molecular weight excluding hydrogens is 242 g/mol. The number of amides is 1. The fourth-order valence-electron chi connectivity index (χ4n) is 2.59. The standard InChI is InChI=1S/C15H21NO3/c1-11-6-5-9-16(10-11)15(17)14-12(18-2)7-4-8-13(14)19-3/h4,7-8,11H,5-6,9-10H2,1-3H3/t11-/m0/s1. The number of nitrogens with zero attached hydrogens (tertiary/aromatic N) is 1. The second kappa shape index (κ2) is 5.95. The highest BCUT2D eigenvalue weighted by molar-refractivity contribution is 5.99. The average Bonchev–Trinajstić information content (AvgIpc) is 2.45. The molecule has 4 nitrogen and oxygen atoms in total. The third kappa shape index (κ3) is 2.83. The number of hydrogen-bond acceptors (Lipinski definition) is 3. The number of benzene rings is 1. The Morgan fingerprint density at radius 1 is 1.26 bits per heavy atom. The molecule has 0 unspecified atom stereocenters. The largest absolute Gasteiger partial charge is 0.496 e. The molecule has 1 saturated heterocycles. The summed E-state index contributed by atoms with van der Waals surface area (Å²) >= 11 is 0. The molecule has 1 aromatic carbocycles. The molecule has 1 fully saturated rings. The fraction of sp³-hybridized carbons (Fsp3) is 0.533. The van der Waals surface area contributed by atoms with Crippen molar-refractivity contribution in [3.05, 3.63) is 23.8 Å². The van der Waals surface area contributed by atoms with E-state index >= 15 is 0 Å². The highest BCUT2D eigenvalue weighted by Crippen LogP contribution is 2.30. The van der Waals surface area contributed by atoms with Crippen LogP contribution in [0.2, 0.25) is 0 Å². The molecule has 1 heterocycles. The Kier molecular flexibility index (Phi) is 4.30. The van der Waals surface area contributed by atoms with Crippen molar-refractivity contribution in [2.45, 2.75) is 19.8 Å². The van der Waals surface area contributed by atoms with Gasteiger partial charge in [-0.3, -0.25) is 4.79 Å². The highest BCUT2D eigenvalue weighted by Gasteiger charge is 2.26. The average molecular weight is 263 g/mol. The number of likely N-dealkylation sites (tertiary alicyclic amines) is 1. The van der Waals surface area contributed by atoms with Crippen LogP contribution in [0, 0.1) is 5.92 Å². The quantitative estimate of drug-likeness (QED) is 0.841. The molecule has 19 heavy (non-hydrogen) atoms. The summed E-state index contributed by atoms with van der Waals surface area (Å²) in [4.78, 5) is 14.6. The monoisotopic (exact) mass is 263 g/mol. The van der Waals surface area contributed by atoms with Gasteiger partial charge in [-0.2, -0.15) is 0 Å². The molecule has 1 aliphatic heterocycles. The van der Waals surface area contributed by atoms with Crippen molar-refractivity contribution in [1.29, 1.82) is 0 Å². The maximum absolute atomic E-state index is 12.7. The maximum Gasteiger partial charge on any atom is 0.261 e. The van der Waals surface area contributed by atoms with Crippen molar-refractivity contribution in [3.8, 4) is 11.5 Å². The van der Waals surface area contributed by atoms with Crippen LogP contribution in [0.4, 0.5) is 0 Å². The predicted octanol–water partition coefficient (Wildman–Crippen LogP) is 2.58. The van der Waals surface area contributed by atoms with E-state index in [0.29, 0.717) is 23.0 Å². The number of rotatable bonds is 3. The summed E-state index contributed by atoms with van der Waals surface area (Å²) in [7, 11) is 3.15. The van der Waals surface area contributed by atoms with E-state index in [9.17, 15) is 4.79 Å². The van der Waals surface area contributed by atoms with Crippen molar-refractivity contribution in [2.75, 3.05) is 27.3 Å². The number of carbonyl (C=O) groups excluding carboxylic acids is 1. The van der Waals surface area contributed by atoms with Gasteiger partial charge in [0.05, 0.1) is 14.2 Å². The third-order valence-electron chi connectivity index (χ3n) is 3.59. The number of piperidine rings is 1. The first-order chi connectivity index (χ1) is 9.17. The molecule has 104 valence electrons. The van der Waals surface area contributed by atoms with Crippen molar-refractivity contribution in [3.63, 3.8) is 0 Å². The maximum atomic E-state index is 12.7. The second-order valence-corrected chi connectivity index (χ2v) is 5.04. The number of ether oxygens (including phenoxy) is 2. The van der Waals surface area contributed by atoms with E-state index in [-0.39, 0.29) is 5.91 Å². The Labute approximate surface area is 114 Å². The highest BCUT2D eigenvalue weighted by atomic mass is 16.5. The summed E-state index contributed by atoms with van der Waals surface area (Å²) in [6.07, 6.45) is 2.25. The Morgan fingerprint density at radius 3 is 2.42 bits per heavy atom. The van der Waals surface area contributed by atoms with Crippen molar-refractivity contribution in [1.82, 2.24) is 4.90 Å². The van der Waals surface area contributed by atoms with Crippen LogP contribution in [0.1, 0.15) is 30.1 Å². The van der Waals surface area contributed by atoms with Crippen molar-refractivity contribution in [2.24, 2.45) is 5.92 Å². The topological polar surface area (TPSA) is 38.8 Å².